The van der Waals surface area contributed by atoms with Crippen LogP contribution in [0.2, 0.25) is 0 Å². The molecule has 0 aliphatic heterocycles. The molecule has 0 aromatic heterocycles. The highest BCUT2D eigenvalue weighted by Crippen LogP contribution is 2.38. The Kier molecular flexibility index (Phi) is 5.64. The van der Waals surface area contributed by atoms with Crippen molar-refractivity contribution in [3.63, 3.8) is 0 Å². The van der Waals surface area contributed by atoms with Gasteiger partial charge in [-0.1, -0.05) is 40.0 Å². The Balaban J connectivity index is 2.90. The molecule has 106 valence electrons. The zero-order valence-corrected chi connectivity index (χ0v) is 12.4. The first-order valence-electron chi connectivity index (χ1n) is 7.37. The molecule has 1 fully saturated rings. The molecule has 0 heterocycles. The van der Waals surface area contributed by atoms with Crippen molar-refractivity contribution < 1.29 is 9.90 Å². The summed E-state index contributed by atoms with van der Waals surface area (Å²) in [4.78, 5) is 13.6. The fraction of sp³-hybridized carbons (Fsp3) is 0.933. The Morgan fingerprint density at radius 2 is 1.83 bits per heavy atom. The zero-order valence-electron chi connectivity index (χ0n) is 12.4. The number of aliphatic carboxylic acids is 1. The average molecular weight is 255 g/mol. The molecule has 0 bridgehead atoms. The van der Waals surface area contributed by atoms with Crippen molar-refractivity contribution in [1.29, 1.82) is 0 Å². The Hall–Kier alpha value is -0.570. The minimum absolute atomic E-state index is 0.102. The second-order valence-corrected chi connectivity index (χ2v) is 6.19. The van der Waals surface area contributed by atoms with Gasteiger partial charge < -0.3 is 5.11 Å². The standard InChI is InChI=1S/C15H29NO2/c1-5-13(12(2)3)16(4)15(11-14(17)18)9-7-6-8-10-15/h12-13H,5-11H2,1-4H3,(H,17,18). The molecule has 1 atom stereocenters. The van der Waals surface area contributed by atoms with Crippen LogP contribution in [0.5, 0.6) is 0 Å². The molecule has 1 N–H and O–H groups in total. The van der Waals surface area contributed by atoms with Gasteiger partial charge in [-0.25, -0.2) is 0 Å². The summed E-state index contributed by atoms with van der Waals surface area (Å²) in [6, 6.07) is 0.488. The monoisotopic (exact) mass is 255 g/mol. The molecule has 1 aliphatic carbocycles. The van der Waals surface area contributed by atoms with E-state index >= 15 is 0 Å². The molecule has 1 rings (SSSR count). The van der Waals surface area contributed by atoms with E-state index < -0.39 is 5.97 Å². The Morgan fingerprint density at radius 3 is 2.22 bits per heavy atom. The van der Waals surface area contributed by atoms with Crippen molar-refractivity contribution in [3.05, 3.63) is 0 Å². The highest BCUT2D eigenvalue weighted by atomic mass is 16.4. The highest BCUT2D eigenvalue weighted by Gasteiger charge is 2.41. The van der Waals surface area contributed by atoms with Gasteiger partial charge in [-0.3, -0.25) is 9.69 Å². The smallest absolute Gasteiger partial charge is 0.305 e. The van der Waals surface area contributed by atoms with Crippen LogP contribution < -0.4 is 0 Å². The number of rotatable bonds is 6. The van der Waals surface area contributed by atoms with Gasteiger partial charge in [0.15, 0.2) is 0 Å². The molecule has 1 saturated carbocycles. The lowest BCUT2D eigenvalue weighted by atomic mass is 9.76. The molecule has 0 aromatic carbocycles. The van der Waals surface area contributed by atoms with Gasteiger partial charge in [0.2, 0.25) is 0 Å². The van der Waals surface area contributed by atoms with Crippen LogP contribution in [0.3, 0.4) is 0 Å². The van der Waals surface area contributed by atoms with Gasteiger partial charge in [-0.05, 0) is 32.2 Å². The maximum Gasteiger partial charge on any atom is 0.305 e. The summed E-state index contributed by atoms with van der Waals surface area (Å²) in [5.74, 6) is -0.0741. The van der Waals surface area contributed by atoms with Gasteiger partial charge in [-0.2, -0.15) is 0 Å². The molecule has 3 heteroatoms. The third kappa shape index (κ3) is 3.47. The number of hydrogen-bond acceptors (Lipinski definition) is 2. The second-order valence-electron chi connectivity index (χ2n) is 6.19. The van der Waals surface area contributed by atoms with Crippen LogP contribution in [0.15, 0.2) is 0 Å². The summed E-state index contributed by atoms with van der Waals surface area (Å²) in [5.41, 5.74) is -0.102. The van der Waals surface area contributed by atoms with Gasteiger partial charge in [0.05, 0.1) is 6.42 Å². The topological polar surface area (TPSA) is 40.5 Å². The Bertz CT molecular complexity index is 270. The van der Waals surface area contributed by atoms with Crippen molar-refractivity contribution >= 4 is 5.97 Å². The molecule has 1 unspecified atom stereocenters. The molecule has 0 spiro atoms. The minimum atomic E-state index is -0.651. The van der Waals surface area contributed by atoms with Gasteiger partial charge in [-0.15, -0.1) is 0 Å². The van der Waals surface area contributed by atoms with E-state index in [1.165, 1.54) is 19.3 Å². The van der Waals surface area contributed by atoms with Crippen LogP contribution in [-0.4, -0.2) is 34.6 Å². The molecule has 0 aromatic rings. The maximum atomic E-state index is 11.2. The molecular formula is C15H29NO2. The van der Waals surface area contributed by atoms with Crippen molar-refractivity contribution in [3.8, 4) is 0 Å². The minimum Gasteiger partial charge on any atom is -0.481 e. The molecule has 0 radical (unpaired) electrons. The largest absolute Gasteiger partial charge is 0.481 e. The molecule has 0 amide bonds. The summed E-state index contributed by atoms with van der Waals surface area (Å²) in [7, 11) is 2.14. The summed E-state index contributed by atoms with van der Waals surface area (Å²) < 4.78 is 0. The third-order valence-corrected chi connectivity index (χ3v) is 4.70. The lowest BCUT2D eigenvalue weighted by Gasteiger charge is -2.48. The van der Waals surface area contributed by atoms with Crippen molar-refractivity contribution in [2.75, 3.05) is 7.05 Å². The fourth-order valence-electron chi connectivity index (χ4n) is 3.69. The zero-order chi connectivity index (χ0) is 13.8. The molecule has 3 nitrogen and oxygen atoms in total. The van der Waals surface area contributed by atoms with Crippen LogP contribution in [0.4, 0.5) is 0 Å². The summed E-state index contributed by atoms with van der Waals surface area (Å²) in [5, 5.41) is 9.25. The predicted molar refractivity (Wildman–Crippen MR) is 74.7 cm³/mol. The van der Waals surface area contributed by atoms with Crippen LogP contribution in [0.1, 0.15) is 65.7 Å². The second kappa shape index (κ2) is 6.55. The molecular weight excluding hydrogens is 226 g/mol. The number of nitrogens with zero attached hydrogens (tertiary/aromatic N) is 1. The van der Waals surface area contributed by atoms with Crippen molar-refractivity contribution in [2.45, 2.75) is 77.3 Å². The van der Waals surface area contributed by atoms with E-state index in [1.807, 2.05) is 0 Å². The molecule has 18 heavy (non-hydrogen) atoms. The summed E-state index contributed by atoms with van der Waals surface area (Å²) in [6.07, 6.45) is 7.08. The van der Waals surface area contributed by atoms with E-state index in [0.717, 1.165) is 19.3 Å². The predicted octanol–water partition coefficient (Wildman–Crippen LogP) is 3.53. The van der Waals surface area contributed by atoms with E-state index in [0.29, 0.717) is 18.4 Å². The van der Waals surface area contributed by atoms with E-state index in [9.17, 15) is 9.90 Å². The lowest BCUT2D eigenvalue weighted by molar-refractivity contribution is -0.142. The summed E-state index contributed by atoms with van der Waals surface area (Å²) >= 11 is 0. The lowest BCUT2D eigenvalue weighted by Crippen LogP contribution is -2.55. The number of carbonyl (C=O) groups is 1. The Labute approximate surface area is 112 Å². The van der Waals surface area contributed by atoms with Crippen LogP contribution in [0.25, 0.3) is 0 Å². The molecule has 0 saturated heterocycles. The van der Waals surface area contributed by atoms with Gasteiger partial charge in [0.1, 0.15) is 0 Å². The number of carboxylic acids is 1. The van der Waals surface area contributed by atoms with Crippen LogP contribution in [-0.2, 0) is 4.79 Å². The quantitative estimate of drug-likeness (QED) is 0.789. The first-order chi connectivity index (χ1) is 8.43. The number of carboxylic acid groups (broad SMARTS) is 1. The van der Waals surface area contributed by atoms with E-state index in [4.69, 9.17) is 0 Å². The first-order valence-corrected chi connectivity index (χ1v) is 7.37. The fourth-order valence-corrected chi connectivity index (χ4v) is 3.69. The van der Waals surface area contributed by atoms with Gasteiger partial charge >= 0.3 is 5.97 Å². The van der Waals surface area contributed by atoms with Gasteiger partial charge in [0, 0.05) is 11.6 Å². The van der Waals surface area contributed by atoms with Crippen molar-refractivity contribution in [1.82, 2.24) is 4.90 Å². The summed E-state index contributed by atoms with van der Waals surface area (Å²) in [6.45, 7) is 6.68. The van der Waals surface area contributed by atoms with Crippen LogP contribution >= 0.6 is 0 Å². The Morgan fingerprint density at radius 1 is 1.28 bits per heavy atom. The van der Waals surface area contributed by atoms with Crippen LogP contribution in [0, 0.1) is 5.92 Å². The SMILES string of the molecule is CCC(C(C)C)N(C)C1(CC(=O)O)CCCCC1. The maximum absolute atomic E-state index is 11.2. The van der Waals surface area contributed by atoms with Gasteiger partial charge in [0.25, 0.3) is 0 Å². The van der Waals surface area contributed by atoms with E-state index in [1.54, 1.807) is 0 Å². The highest BCUT2D eigenvalue weighted by molar-refractivity contribution is 5.68. The average Bonchev–Trinajstić information content (AvgIpc) is 2.29. The molecule has 1 aliphatic rings. The number of hydrogen-bond donors (Lipinski definition) is 1. The normalized spacial score (nSPS) is 21.2. The van der Waals surface area contributed by atoms with Crippen molar-refractivity contribution in [2.24, 2.45) is 5.92 Å². The van der Waals surface area contributed by atoms with E-state index in [-0.39, 0.29) is 5.54 Å². The van der Waals surface area contributed by atoms with E-state index in [2.05, 4.69) is 32.7 Å². The third-order valence-electron chi connectivity index (χ3n) is 4.70. The first kappa shape index (κ1) is 15.5.